The molecule has 8 nitrogen and oxygen atoms in total. The third-order valence-electron chi connectivity index (χ3n) is 2.96. The van der Waals surface area contributed by atoms with Gasteiger partial charge in [-0.25, -0.2) is 4.68 Å². The molecule has 1 fully saturated rings. The van der Waals surface area contributed by atoms with Gasteiger partial charge in [0.05, 0.1) is 12.3 Å². The molecule has 0 unspecified atom stereocenters. The Morgan fingerprint density at radius 3 is 2.90 bits per heavy atom. The van der Waals surface area contributed by atoms with Crippen molar-refractivity contribution in [1.29, 1.82) is 0 Å². The number of carbonyl (C=O) groups is 1. The number of nitrogens with one attached hydrogen (secondary N) is 1. The van der Waals surface area contributed by atoms with E-state index < -0.39 is 6.29 Å². The number of rotatable bonds is 9. The van der Waals surface area contributed by atoms with Gasteiger partial charge < -0.3 is 14.8 Å². The molecule has 1 aliphatic carbocycles. The van der Waals surface area contributed by atoms with E-state index in [-0.39, 0.29) is 5.91 Å². The maximum Gasteiger partial charge on any atom is 0.230 e. The van der Waals surface area contributed by atoms with Crippen LogP contribution in [0.15, 0.2) is 5.16 Å². The highest BCUT2D eigenvalue weighted by Gasteiger charge is 2.21. The van der Waals surface area contributed by atoms with Crippen LogP contribution >= 0.6 is 11.8 Å². The molecule has 0 spiro atoms. The average molecular weight is 301 g/mol. The van der Waals surface area contributed by atoms with E-state index in [1.165, 1.54) is 24.6 Å². The summed E-state index contributed by atoms with van der Waals surface area (Å²) in [5, 5.41) is 14.8. The minimum atomic E-state index is -0.415. The summed E-state index contributed by atoms with van der Waals surface area (Å²) in [6.07, 6.45) is 2.03. The van der Waals surface area contributed by atoms with Gasteiger partial charge in [-0.1, -0.05) is 11.8 Å². The van der Waals surface area contributed by atoms with E-state index in [9.17, 15) is 4.79 Å². The van der Waals surface area contributed by atoms with Crippen molar-refractivity contribution >= 4 is 17.7 Å². The predicted octanol–water partition coefficient (Wildman–Crippen LogP) is -0.0897. The van der Waals surface area contributed by atoms with Crippen molar-refractivity contribution in [2.24, 2.45) is 5.92 Å². The molecular formula is C11H19N5O3S. The van der Waals surface area contributed by atoms with Crippen LogP contribution in [-0.2, 0) is 20.8 Å². The average Bonchev–Trinajstić information content (AvgIpc) is 3.19. The van der Waals surface area contributed by atoms with E-state index in [1.807, 2.05) is 0 Å². The number of hydrogen-bond acceptors (Lipinski definition) is 7. The predicted molar refractivity (Wildman–Crippen MR) is 72.1 cm³/mol. The zero-order valence-corrected chi connectivity index (χ0v) is 12.4. The molecule has 0 saturated heterocycles. The van der Waals surface area contributed by atoms with E-state index in [1.54, 1.807) is 18.9 Å². The number of ether oxygens (including phenoxy) is 2. The van der Waals surface area contributed by atoms with Crippen molar-refractivity contribution in [2.75, 3.05) is 26.5 Å². The minimum Gasteiger partial charge on any atom is -0.355 e. The van der Waals surface area contributed by atoms with Gasteiger partial charge in [0.1, 0.15) is 0 Å². The van der Waals surface area contributed by atoms with Crippen molar-refractivity contribution in [3.8, 4) is 0 Å². The van der Waals surface area contributed by atoms with Crippen LogP contribution in [0.1, 0.15) is 12.8 Å². The second-order valence-corrected chi connectivity index (χ2v) is 5.52. The Hall–Kier alpha value is -1.19. The highest BCUT2D eigenvalue weighted by molar-refractivity contribution is 7.99. The zero-order chi connectivity index (χ0) is 14.4. The maximum absolute atomic E-state index is 11.7. The lowest BCUT2D eigenvalue weighted by Gasteiger charge is -2.13. The Kier molecular flexibility index (Phi) is 5.74. The second kappa shape index (κ2) is 7.55. The van der Waals surface area contributed by atoms with Crippen molar-refractivity contribution < 1.29 is 14.3 Å². The van der Waals surface area contributed by atoms with E-state index in [0.29, 0.717) is 23.4 Å². The quantitative estimate of drug-likeness (QED) is 0.503. The largest absolute Gasteiger partial charge is 0.355 e. The molecule has 1 amide bonds. The third-order valence-corrected chi connectivity index (χ3v) is 3.92. The number of thioether (sulfide) groups is 1. The summed E-state index contributed by atoms with van der Waals surface area (Å²) in [6.45, 7) is 1.16. The standard InChI is InChI=1S/C11H19N5O3S/c1-18-10(19-2)6-16-11(13-14-15-16)20-7-9(17)12-5-8-3-4-8/h8,10H,3-7H2,1-2H3,(H,12,17). The number of amides is 1. The lowest BCUT2D eigenvalue weighted by atomic mass is 10.4. The fraction of sp³-hybridized carbons (Fsp3) is 0.818. The second-order valence-electron chi connectivity index (χ2n) is 4.58. The molecule has 0 aliphatic heterocycles. The highest BCUT2D eigenvalue weighted by atomic mass is 32.2. The Labute approximate surface area is 121 Å². The van der Waals surface area contributed by atoms with E-state index in [0.717, 1.165) is 6.54 Å². The van der Waals surface area contributed by atoms with Crippen molar-refractivity contribution in [3.05, 3.63) is 0 Å². The van der Waals surface area contributed by atoms with Crippen LogP contribution < -0.4 is 5.32 Å². The first-order chi connectivity index (χ1) is 9.72. The highest BCUT2D eigenvalue weighted by Crippen LogP contribution is 2.27. The molecule has 1 N–H and O–H groups in total. The van der Waals surface area contributed by atoms with Gasteiger partial charge in [0.25, 0.3) is 0 Å². The first-order valence-electron chi connectivity index (χ1n) is 6.44. The lowest BCUT2D eigenvalue weighted by Crippen LogP contribution is -2.27. The van der Waals surface area contributed by atoms with Crippen molar-refractivity contribution in [3.63, 3.8) is 0 Å². The van der Waals surface area contributed by atoms with Gasteiger partial charge in [0.15, 0.2) is 6.29 Å². The van der Waals surface area contributed by atoms with Crippen LogP contribution in [0.2, 0.25) is 0 Å². The van der Waals surface area contributed by atoms with Gasteiger partial charge in [-0.05, 0) is 29.2 Å². The van der Waals surface area contributed by atoms with Gasteiger partial charge >= 0.3 is 0 Å². The summed E-state index contributed by atoms with van der Waals surface area (Å²) < 4.78 is 11.8. The number of aromatic nitrogens is 4. The molecule has 0 aromatic carbocycles. The molecule has 20 heavy (non-hydrogen) atoms. The maximum atomic E-state index is 11.7. The SMILES string of the molecule is COC(Cn1nnnc1SCC(=O)NCC1CC1)OC. The summed E-state index contributed by atoms with van der Waals surface area (Å²) in [5.74, 6) is 0.988. The van der Waals surface area contributed by atoms with Crippen LogP contribution in [0.5, 0.6) is 0 Å². The summed E-state index contributed by atoms with van der Waals surface area (Å²) in [4.78, 5) is 11.7. The summed E-state index contributed by atoms with van der Waals surface area (Å²) in [7, 11) is 3.10. The van der Waals surface area contributed by atoms with E-state index >= 15 is 0 Å². The first kappa shape index (κ1) is 15.2. The van der Waals surface area contributed by atoms with Crippen LogP contribution in [0.25, 0.3) is 0 Å². The minimum absolute atomic E-state index is 0.00600. The molecule has 9 heteroatoms. The van der Waals surface area contributed by atoms with Crippen molar-refractivity contribution in [1.82, 2.24) is 25.5 Å². The number of carbonyl (C=O) groups excluding carboxylic acids is 1. The molecule has 0 bridgehead atoms. The number of tetrazole rings is 1. The van der Waals surface area contributed by atoms with Crippen LogP contribution in [0.4, 0.5) is 0 Å². The Balaban J connectivity index is 1.76. The molecule has 1 heterocycles. The summed E-state index contributed by atoms with van der Waals surface area (Å²) >= 11 is 1.30. The third kappa shape index (κ3) is 4.73. The molecular weight excluding hydrogens is 282 g/mol. The van der Waals surface area contributed by atoms with Crippen LogP contribution in [0, 0.1) is 5.92 Å². The molecule has 2 rings (SSSR count). The smallest absolute Gasteiger partial charge is 0.230 e. The van der Waals surface area contributed by atoms with Gasteiger partial charge in [-0.3, -0.25) is 4.79 Å². The zero-order valence-electron chi connectivity index (χ0n) is 11.6. The summed E-state index contributed by atoms with van der Waals surface area (Å²) in [5.41, 5.74) is 0. The Bertz CT molecular complexity index is 433. The molecule has 1 aliphatic rings. The monoisotopic (exact) mass is 301 g/mol. The topological polar surface area (TPSA) is 91.2 Å². The number of nitrogens with zero attached hydrogens (tertiary/aromatic N) is 4. The fourth-order valence-electron chi connectivity index (χ4n) is 1.56. The van der Waals surface area contributed by atoms with Crippen molar-refractivity contribution in [2.45, 2.75) is 30.8 Å². The van der Waals surface area contributed by atoms with Gasteiger partial charge in [-0.15, -0.1) is 5.10 Å². The first-order valence-corrected chi connectivity index (χ1v) is 7.42. The fourth-order valence-corrected chi connectivity index (χ4v) is 2.28. The number of methoxy groups -OCH3 is 2. The molecule has 1 saturated carbocycles. The molecule has 0 radical (unpaired) electrons. The summed E-state index contributed by atoms with van der Waals surface area (Å²) in [6, 6.07) is 0. The van der Waals surface area contributed by atoms with Gasteiger partial charge in [0, 0.05) is 20.8 Å². The number of hydrogen-bond donors (Lipinski definition) is 1. The Morgan fingerprint density at radius 1 is 1.50 bits per heavy atom. The lowest BCUT2D eigenvalue weighted by molar-refractivity contribution is -0.118. The Morgan fingerprint density at radius 2 is 2.25 bits per heavy atom. The van der Waals surface area contributed by atoms with E-state index in [4.69, 9.17) is 9.47 Å². The molecule has 112 valence electrons. The molecule has 0 atom stereocenters. The van der Waals surface area contributed by atoms with Gasteiger partial charge in [0.2, 0.25) is 11.1 Å². The van der Waals surface area contributed by atoms with Gasteiger partial charge in [-0.2, -0.15) is 0 Å². The molecule has 1 aromatic rings. The molecule has 1 aromatic heterocycles. The normalized spacial score (nSPS) is 14.8. The van der Waals surface area contributed by atoms with Crippen LogP contribution in [0.3, 0.4) is 0 Å². The van der Waals surface area contributed by atoms with E-state index in [2.05, 4.69) is 20.8 Å². The van der Waals surface area contributed by atoms with Crippen LogP contribution in [-0.4, -0.2) is 58.9 Å².